The minimum Gasteiger partial charge on any atom is -0.370 e. The van der Waals surface area contributed by atoms with Crippen LogP contribution in [-0.4, -0.2) is 54.8 Å². The molecular formula is C19H34N3O2+. The smallest absolute Gasteiger partial charge is 0.222 e. The summed E-state index contributed by atoms with van der Waals surface area (Å²) in [6, 6.07) is 4.16. The van der Waals surface area contributed by atoms with Gasteiger partial charge in [-0.05, 0) is 18.6 Å². The highest BCUT2D eigenvalue weighted by molar-refractivity contribution is 5.76. The van der Waals surface area contributed by atoms with Gasteiger partial charge in [-0.3, -0.25) is 4.79 Å². The SMILES string of the molecule is CCCCCC(=O)N(CCC[NH+]1CCOCC1)Cc1cccn1C. The van der Waals surface area contributed by atoms with E-state index in [9.17, 15) is 4.79 Å². The van der Waals surface area contributed by atoms with Gasteiger partial charge in [-0.1, -0.05) is 19.8 Å². The van der Waals surface area contributed by atoms with Crippen LogP contribution in [0.4, 0.5) is 0 Å². The first-order chi connectivity index (χ1) is 11.7. The zero-order chi connectivity index (χ0) is 17.2. The minimum atomic E-state index is 0.307. The maximum atomic E-state index is 12.6. The number of hydrogen-bond acceptors (Lipinski definition) is 2. The first kappa shape index (κ1) is 19.0. The molecule has 0 radical (unpaired) electrons. The zero-order valence-corrected chi connectivity index (χ0v) is 15.4. The third-order valence-corrected chi connectivity index (χ3v) is 4.91. The molecule has 0 atom stereocenters. The summed E-state index contributed by atoms with van der Waals surface area (Å²) >= 11 is 0. The van der Waals surface area contributed by atoms with Gasteiger partial charge in [-0.2, -0.15) is 0 Å². The maximum absolute atomic E-state index is 12.6. The van der Waals surface area contributed by atoms with Crippen LogP contribution < -0.4 is 4.90 Å². The Kier molecular flexibility index (Phi) is 8.33. The molecule has 5 nitrogen and oxygen atoms in total. The Labute approximate surface area is 146 Å². The number of hydrogen-bond donors (Lipinski definition) is 1. The van der Waals surface area contributed by atoms with Gasteiger partial charge in [0.2, 0.25) is 5.91 Å². The highest BCUT2D eigenvalue weighted by atomic mass is 16.5. The second-order valence-corrected chi connectivity index (χ2v) is 6.85. The lowest BCUT2D eigenvalue weighted by molar-refractivity contribution is -0.908. The number of carbonyl (C=O) groups is 1. The second-order valence-electron chi connectivity index (χ2n) is 6.85. The molecule has 1 amide bonds. The van der Waals surface area contributed by atoms with Crippen molar-refractivity contribution >= 4 is 5.91 Å². The molecular weight excluding hydrogens is 302 g/mol. The molecule has 1 aromatic heterocycles. The Morgan fingerprint density at radius 1 is 1.29 bits per heavy atom. The molecule has 1 N–H and O–H groups in total. The summed E-state index contributed by atoms with van der Waals surface area (Å²) in [4.78, 5) is 16.3. The number of aromatic nitrogens is 1. The lowest BCUT2D eigenvalue weighted by Crippen LogP contribution is -3.14. The molecule has 1 fully saturated rings. The predicted molar refractivity (Wildman–Crippen MR) is 96.0 cm³/mol. The zero-order valence-electron chi connectivity index (χ0n) is 15.4. The summed E-state index contributed by atoms with van der Waals surface area (Å²) in [6.07, 6.45) is 7.11. The molecule has 2 heterocycles. The number of aryl methyl sites for hydroxylation is 1. The summed E-state index contributed by atoms with van der Waals surface area (Å²) in [5.41, 5.74) is 1.21. The molecule has 1 saturated heterocycles. The van der Waals surface area contributed by atoms with Crippen molar-refractivity contribution in [2.45, 2.75) is 45.6 Å². The van der Waals surface area contributed by atoms with E-state index in [4.69, 9.17) is 4.74 Å². The topological polar surface area (TPSA) is 38.9 Å². The van der Waals surface area contributed by atoms with Crippen LogP contribution in [0, 0.1) is 0 Å². The summed E-state index contributed by atoms with van der Waals surface area (Å²) in [5.74, 6) is 0.307. The second kappa shape index (κ2) is 10.5. The Hall–Kier alpha value is -1.33. The fraction of sp³-hybridized carbons (Fsp3) is 0.737. The summed E-state index contributed by atoms with van der Waals surface area (Å²) in [5, 5.41) is 0. The van der Waals surface area contributed by atoms with Crippen molar-refractivity contribution in [3.8, 4) is 0 Å². The van der Waals surface area contributed by atoms with Crippen molar-refractivity contribution in [3.05, 3.63) is 24.0 Å². The molecule has 0 aromatic carbocycles. The fourth-order valence-corrected chi connectivity index (χ4v) is 3.26. The number of rotatable bonds is 10. The van der Waals surface area contributed by atoms with Crippen LogP contribution in [0.1, 0.15) is 44.7 Å². The quantitative estimate of drug-likeness (QED) is 0.653. The monoisotopic (exact) mass is 336 g/mol. The average Bonchev–Trinajstić information content (AvgIpc) is 3.00. The highest BCUT2D eigenvalue weighted by Crippen LogP contribution is 2.10. The van der Waals surface area contributed by atoms with E-state index in [-0.39, 0.29) is 0 Å². The van der Waals surface area contributed by atoms with Gasteiger partial charge >= 0.3 is 0 Å². The van der Waals surface area contributed by atoms with Crippen molar-refractivity contribution in [1.29, 1.82) is 0 Å². The Morgan fingerprint density at radius 2 is 2.08 bits per heavy atom. The van der Waals surface area contributed by atoms with E-state index in [1.807, 2.05) is 19.3 Å². The van der Waals surface area contributed by atoms with Crippen LogP contribution in [0.25, 0.3) is 0 Å². The van der Waals surface area contributed by atoms with E-state index in [1.54, 1.807) is 4.90 Å². The Bertz CT molecular complexity index is 481. The number of unbranched alkanes of at least 4 members (excludes halogenated alkanes) is 2. The van der Waals surface area contributed by atoms with Gasteiger partial charge in [0.1, 0.15) is 13.1 Å². The van der Waals surface area contributed by atoms with Crippen molar-refractivity contribution < 1.29 is 14.4 Å². The van der Waals surface area contributed by atoms with Gasteiger partial charge in [0.25, 0.3) is 0 Å². The number of nitrogens with zero attached hydrogens (tertiary/aromatic N) is 2. The number of morpholine rings is 1. The summed E-state index contributed by atoms with van der Waals surface area (Å²) in [6.45, 7) is 8.85. The largest absolute Gasteiger partial charge is 0.370 e. The molecule has 136 valence electrons. The molecule has 0 aliphatic carbocycles. The van der Waals surface area contributed by atoms with Crippen LogP contribution in [-0.2, 0) is 23.1 Å². The Morgan fingerprint density at radius 3 is 2.75 bits per heavy atom. The molecule has 0 bridgehead atoms. The van der Waals surface area contributed by atoms with Crippen LogP contribution in [0.3, 0.4) is 0 Å². The third-order valence-electron chi connectivity index (χ3n) is 4.91. The normalized spacial score (nSPS) is 15.6. The summed E-state index contributed by atoms with van der Waals surface area (Å²) < 4.78 is 7.53. The van der Waals surface area contributed by atoms with Crippen molar-refractivity contribution in [3.63, 3.8) is 0 Å². The number of ether oxygens (including phenoxy) is 1. The van der Waals surface area contributed by atoms with E-state index in [0.29, 0.717) is 12.3 Å². The number of nitrogens with one attached hydrogen (secondary N) is 1. The molecule has 24 heavy (non-hydrogen) atoms. The van der Waals surface area contributed by atoms with Crippen molar-refractivity contribution in [1.82, 2.24) is 9.47 Å². The molecule has 1 aromatic rings. The molecule has 0 spiro atoms. The fourth-order valence-electron chi connectivity index (χ4n) is 3.26. The van der Waals surface area contributed by atoms with Gasteiger partial charge in [0, 0.05) is 38.3 Å². The van der Waals surface area contributed by atoms with Gasteiger partial charge in [-0.25, -0.2) is 0 Å². The van der Waals surface area contributed by atoms with Gasteiger partial charge < -0.3 is 19.1 Å². The highest BCUT2D eigenvalue weighted by Gasteiger charge is 2.17. The van der Waals surface area contributed by atoms with Crippen LogP contribution in [0.5, 0.6) is 0 Å². The standard InChI is InChI=1S/C19H33N3O2/c1-3-4-5-9-19(23)22(17-18-8-6-10-20(18)2)12-7-11-21-13-15-24-16-14-21/h6,8,10H,3-5,7,9,11-17H2,1-2H3/p+1. The predicted octanol–water partition coefficient (Wildman–Crippen LogP) is 1.24. The van der Waals surface area contributed by atoms with Gasteiger partial charge in [-0.15, -0.1) is 0 Å². The van der Waals surface area contributed by atoms with E-state index in [0.717, 1.165) is 71.6 Å². The molecule has 0 unspecified atom stereocenters. The van der Waals surface area contributed by atoms with Crippen LogP contribution in [0.15, 0.2) is 18.3 Å². The number of amides is 1. The molecule has 1 aliphatic heterocycles. The molecule has 0 saturated carbocycles. The molecule has 1 aliphatic rings. The average molecular weight is 336 g/mol. The number of quaternary nitrogens is 1. The lowest BCUT2D eigenvalue weighted by atomic mass is 10.2. The van der Waals surface area contributed by atoms with E-state index >= 15 is 0 Å². The molecule has 5 heteroatoms. The van der Waals surface area contributed by atoms with Gasteiger partial charge in [0.15, 0.2) is 0 Å². The van der Waals surface area contributed by atoms with Crippen LogP contribution >= 0.6 is 0 Å². The van der Waals surface area contributed by atoms with Crippen LogP contribution in [0.2, 0.25) is 0 Å². The van der Waals surface area contributed by atoms with E-state index in [1.165, 1.54) is 5.69 Å². The summed E-state index contributed by atoms with van der Waals surface area (Å²) in [7, 11) is 2.05. The first-order valence-corrected chi connectivity index (χ1v) is 9.50. The van der Waals surface area contributed by atoms with Gasteiger partial charge in [0.05, 0.1) is 26.3 Å². The molecule has 2 rings (SSSR count). The van der Waals surface area contributed by atoms with E-state index in [2.05, 4.69) is 22.5 Å². The number of carbonyl (C=O) groups excluding carboxylic acids is 1. The minimum absolute atomic E-state index is 0.307. The maximum Gasteiger partial charge on any atom is 0.222 e. The van der Waals surface area contributed by atoms with E-state index < -0.39 is 0 Å². The van der Waals surface area contributed by atoms with Crippen molar-refractivity contribution in [2.75, 3.05) is 39.4 Å². The lowest BCUT2D eigenvalue weighted by Gasteiger charge is -2.26. The Balaban J connectivity index is 1.83. The van der Waals surface area contributed by atoms with Crippen molar-refractivity contribution in [2.24, 2.45) is 7.05 Å². The first-order valence-electron chi connectivity index (χ1n) is 9.50. The third kappa shape index (κ3) is 6.29.